The van der Waals surface area contributed by atoms with Gasteiger partial charge in [0.15, 0.2) is 0 Å². The van der Waals surface area contributed by atoms with Crippen LogP contribution >= 0.6 is 24.4 Å². The minimum absolute atomic E-state index is 0.661. The zero-order chi connectivity index (χ0) is 6.41. The van der Waals surface area contributed by atoms with Gasteiger partial charge in [0.1, 0.15) is 0 Å². The number of allylic oxidation sites excluding steroid dienone is 1. The lowest BCUT2D eigenvalue weighted by molar-refractivity contribution is 1.52. The van der Waals surface area contributed by atoms with E-state index in [0.717, 1.165) is 4.91 Å². The molecular weight excluding hydrogens is 138 g/mol. The van der Waals surface area contributed by atoms with Gasteiger partial charge in [-0.3, -0.25) is 0 Å². The molecule has 0 fully saturated rings. The second-order valence-electron chi connectivity index (χ2n) is 1.10. The minimum atomic E-state index is 0.661. The summed E-state index contributed by atoms with van der Waals surface area (Å²) >= 11 is 5.55. The van der Waals surface area contributed by atoms with Crippen molar-refractivity contribution in [3.05, 3.63) is 11.0 Å². The van der Waals surface area contributed by atoms with Crippen molar-refractivity contribution in [2.45, 2.75) is 0 Å². The fourth-order valence-electron chi connectivity index (χ4n) is 0.241. The van der Waals surface area contributed by atoms with Crippen molar-refractivity contribution in [3.63, 3.8) is 0 Å². The number of thiol groups is 1. The van der Waals surface area contributed by atoms with E-state index in [4.69, 9.17) is 5.26 Å². The third-order valence-corrected chi connectivity index (χ3v) is 1.98. The molecule has 44 valence electrons. The van der Waals surface area contributed by atoms with Gasteiger partial charge in [0.25, 0.3) is 0 Å². The van der Waals surface area contributed by atoms with Crippen molar-refractivity contribution in [3.8, 4) is 6.07 Å². The van der Waals surface area contributed by atoms with Crippen LogP contribution in [0.4, 0.5) is 0 Å². The average Bonchev–Trinajstić information content (AvgIpc) is 1.83. The molecule has 0 aromatic heterocycles. The van der Waals surface area contributed by atoms with Gasteiger partial charge in [0.05, 0.1) is 6.07 Å². The average molecular weight is 145 g/mol. The van der Waals surface area contributed by atoms with E-state index < -0.39 is 0 Å². The molecule has 0 bridgehead atoms. The summed E-state index contributed by atoms with van der Waals surface area (Å²) in [6, 6.07) is 1.94. The summed E-state index contributed by atoms with van der Waals surface area (Å²) in [6.07, 6.45) is 3.44. The molecule has 0 unspecified atom stereocenters. The predicted octanol–water partition coefficient (Wildman–Crippen LogP) is 1.69. The molecule has 0 aromatic rings. The van der Waals surface area contributed by atoms with Gasteiger partial charge in [-0.25, -0.2) is 0 Å². The molecule has 0 saturated carbocycles. The van der Waals surface area contributed by atoms with Crippen LogP contribution < -0.4 is 0 Å². The Hall–Kier alpha value is -0.0700. The van der Waals surface area contributed by atoms with Crippen molar-refractivity contribution in [2.24, 2.45) is 0 Å². The molecule has 0 rings (SSSR count). The first kappa shape index (κ1) is 7.93. The Morgan fingerprint density at radius 3 is 2.75 bits per heavy atom. The Labute approximate surface area is 59.2 Å². The summed E-state index contributed by atoms with van der Waals surface area (Å²) in [5, 5.41) is 8.13. The number of thioether (sulfide) groups is 1. The van der Waals surface area contributed by atoms with Gasteiger partial charge in [0, 0.05) is 16.7 Å². The van der Waals surface area contributed by atoms with Gasteiger partial charge < -0.3 is 0 Å². The Morgan fingerprint density at radius 2 is 2.62 bits per heavy atom. The van der Waals surface area contributed by atoms with E-state index >= 15 is 0 Å². The highest BCUT2D eigenvalue weighted by molar-refractivity contribution is 8.03. The maximum atomic E-state index is 8.13. The van der Waals surface area contributed by atoms with E-state index in [-0.39, 0.29) is 0 Å². The SMILES string of the molecule is CS/C(=C\C#N)CS. The van der Waals surface area contributed by atoms with Crippen molar-refractivity contribution in [1.82, 2.24) is 0 Å². The van der Waals surface area contributed by atoms with Crippen LogP contribution in [0, 0.1) is 11.3 Å². The topological polar surface area (TPSA) is 23.8 Å². The summed E-state index contributed by atoms with van der Waals surface area (Å²) in [7, 11) is 0. The Morgan fingerprint density at radius 1 is 2.00 bits per heavy atom. The van der Waals surface area contributed by atoms with Crippen LogP contribution in [-0.2, 0) is 0 Å². The van der Waals surface area contributed by atoms with Gasteiger partial charge >= 0.3 is 0 Å². The zero-order valence-corrected chi connectivity index (χ0v) is 6.30. The van der Waals surface area contributed by atoms with Crippen LogP contribution in [-0.4, -0.2) is 12.0 Å². The summed E-state index contributed by atoms with van der Waals surface area (Å²) < 4.78 is 0. The molecule has 0 radical (unpaired) electrons. The van der Waals surface area contributed by atoms with Gasteiger partial charge in [-0.1, -0.05) is 0 Å². The van der Waals surface area contributed by atoms with E-state index in [0.29, 0.717) is 5.75 Å². The lowest BCUT2D eigenvalue weighted by Gasteiger charge is -1.90. The van der Waals surface area contributed by atoms with E-state index in [1.165, 1.54) is 6.08 Å². The predicted molar refractivity (Wildman–Crippen MR) is 41.1 cm³/mol. The third kappa shape index (κ3) is 3.00. The first-order valence-corrected chi connectivity index (χ1v) is 3.94. The van der Waals surface area contributed by atoms with Crippen LogP contribution in [0.15, 0.2) is 11.0 Å². The van der Waals surface area contributed by atoms with Gasteiger partial charge in [-0.2, -0.15) is 17.9 Å². The second-order valence-corrected chi connectivity index (χ2v) is 2.35. The number of rotatable bonds is 2. The number of hydrogen-bond donors (Lipinski definition) is 1. The third-order valence-electron chi connectivity index (χ3n) is 0.644. The van der Waals surface area contributed by atoms with Crippen LogP contribution in [0.25, 0.3) is 0 Å². The first-order chi connectivity index (χ1) is 3.85. The lowest BCUT2D eigenvalue weighted by Crippen LogP contribution is -1.73. The van der Waals surface area contributed by atoms with E-state index in [9.17, 15) is 0 Å². The van der Waals surface area contributed by atoms with Crippen LogP contribution in [0.2, 0.25) is 0 Å². The summed E-state index contributed by atoms with van der Waals surface area (Å²) in [4.78, 5) is 1.01. The molecule has 0 aliphatic heterocycles. The van der Waals surface area contributed by atoms with Crippen molar-refractivity contribution >= 4 is 24.4 Å². The summed E-state index contributed by atoms with van der Waals surface area (Å²) in [5.74, 6) is 0.661. The maximum Gasteiger partial charge on any atom is 0.0920 e. The summed E-state index contributed by atoms with van der Waals surface area (Å²) in [5.41, 5.74) is 0. The maximum absolute atomic E-state index is 8.13. The molecule has 0 heterocycles. The second kappa shape index (κ2) is 5.07. The highest BCUT2D eigenvalue weighted by Gasteiger charge is 1.86. The molecular formula is C5H7NS2. The molecule has 0 amide bonds. The quantitative estimate of drug-likeness (QED) is 0.472. The van der Waals surface area contributed by atoms with E-state index in [2.05, 4.69) is 12.6 Å². The molecule has 0 atom stereocenters. The number of hydrogen-bond acceptors (Lipinski definition) is 3. The Bertz CT molecular complexity index is 117. The van der Waals surface area contributed by atoms with Crippen LogP contribution in [0.5, 0.6) is 0 Å². The fraction of sp³-hybridized carbons (Fsp3) is 0.400. The normalized spacial score (nSPS) is 10.9. The van der Waals surface area contributed by atoms with Crippen molar-refractivity contribution < 1.29 is 0 Å². The van der Waals surface area contributed by atoms with Crippen molar-refractivity contribution in [1.29, 1.82) is 5.26 Å². The molecule has 0 spiro atoms. The lowest BCUT2D eigenvalue weighted by atomic mass is 10.6. The molecule has 0 saturated heterocycles. The smallest absolute Gasteiger partial charge is 0.0920 e. The largest absolute Gasteiger partial charge is 0.193 e. The zero-order valence-electron chi connectivity index (χ0n) is 4.59. The van der Waals surface area contributed by atoms with Crippen molar-refractivity contribution in [2.75, 3.05) is 12.0 Å². The molecule has 0 aliphatic carbocycles. The fourth-order valence-corrected chi connectivity index (χ4v) is 1.02. The highest BCUT2D eigenvalue weighted by Crippen LogP contribution is 2.11. The minimum Gasteiger partial charge on any atom is -0.193 e. The Balaban J connectivity index is 3.72. The van der Waals surface area contributed by atoms with E-state index in [1.807, 2.05) is 12.3 Å². The molecule has 3 heteroatoms. The van der Waals surface area contributed by atoms with Crippen LogP contribution in [0.3, 0.4) is 0 Å². The van der Waals surface area contributed by atoms with Crippen LogP contribution in [0.1, 0.15) is 0 Å². The Kier molecular flexibility index (Phi) is 5.03. The van der Waals surface area contributed by atoms with Gasteiger partial charge in [-0.05, 0) is 6.26 Å². The standard InChI is InChI=1S/C5H7NS2/c1-8-5(4-7)2-3-6/h2,7H,4H2,1H3/b5-2-. The van der Waals surface area contributed by atoms with Gasteiger partial charge in [-0.15, -0.1) is 11.8 Å². The van der Waals surface area contributed by atoms with Gasteiger partial charge in [0.2, 0.25) is 0 Å². The molecule has 1 nitrogen and oxygen atoms in total. The number of nitrogens with zero attached hydrogens (tertiary/aromatic N) is 1. The first-order valence-electron chi connectivity index (χ1n) is 2.08. The number of nitriles is 1. The molecule has 0 aliphatic rings. The molecule has 8 heavy (non-hydrogen) atoms. The summed E-state index contributed by atoms with van der Waals surface area (Å²) in [6.45, 7) is 0. The molecule has 0 aromatic carbocycles. The van der Waals surface area contributed by atoms with E-state index in [1.54, 1.807) is 11.8 Å². The highest BCUT2D eigenvalue weighted by atomic mass is 32.2. The molecule has 0 N–H and O–H groups in total. The monoisotopic (exact) mass is 145 g/mol.